The number of carbonyl (C=O) groups is 3. The molecule has 2 atom stereocenters. The molecule has 7 nitrogen and oxygen atoms in total. The average molecular weight is 453 g/mol. The van der Waals surface area contributed by atoms with Crippen molar-refractivity contribution >= 4 is 18.0 Å². The van der Waals surface area contributed by atoms with Crippen molar-refractivity contribution in [2.75, 3.05) is 6.61 Å². The van der Waals surface area contributed by atoms with E-state index in [0.29, 0.717) is 12.8 Å². The Morgan fingerprint density at radius 1 is 0.970 bits per heavy atom. The smallest absolute Gasteiger partial charge is 0.407 e. The highest BCUT2D eigenvalue weighted by Gasteiger charge is 2.30. The highest BCUT2D eigenvalue weighted by atomic mass is 16.5. The Hall–Kier alpha value is -3.35. The highest BCUT2D eigenvalue weighted by Crippen LogP contribution is 2.44. The van der Waals surface area contributed by atoms with Crippen LogP contribution in [0.25, 0.3) is 11.1 Å². The van der Waals surface area contributed by atoms with E-state index >= 15 is 0 Å². The lowest BCUT2D eigenvalue weighted by Crippen LogP contribution is -2.49. The summed E-state index contributed by atoms with van der Waals surface area (Å²) in [6.45, 7) is 3.94. The summed E-state index contributed by atoms with van der Waals surface area (Å²) in [4.78, 5) is 36.1. The predicted octanol–water partition coefficient (Wildman–Crippen LogP) is 4.45. The molecule has 176 valence electrons. The molecule has 0 fully saturated rings. The van der Waals surface area contributed by atoms with Crippen LogP contribution in [0.3, 0.4) is 0 Å². The van der Waals surface area contributed by atoms with Crippen molar-refractivity contribution < 1.29 is 24.2 Å². The third kappa shape index (κ3) is 6.34. The second kappa shape index (κ2) is 11.5. The second-order valence-corrected chi connectivity index (χ2v) is 8.51. The van der Waals surface area contributed by atoms with E-state index in [0.717, 1.165) is 35.1 Å². The quantitative estimate of drug-likeness (QED) is 0.467. The van der Waals surface area contributed by atoms with Gasteiger partial charge >= 0.3 is 12.1 Å². The van der Waals surface area contributed by atoms with Crippen molar-refractivity contribution in [3.63, 3.8) is 0 Å². The minimum Gasteiger partial charge on any atom is -0.481 e. The maximum atomic E-state index is 12.7. The van der Waals surface area contributed by atoms with Crippen molar-refractivity contribution in [2.24, 2.45) is 0 Å². The van der Waals surface area contributed by atoms with Crippen LogP contribution in [-0.4, -0.2) is 41.8 Å². The van der Waals surface area contributed by atoms with Crippen LogP contribution >= 0.6 is 0 Å². The molecule has 3 rings (SSSR count). The normalized spacial score (nSPS) is 14.0. The van der Waals surface area contributed by atoms with Crippen molar-refractivity contribution in [3.8, 4) is 11.1 Å². The van der Waals surface area contributed by atoms with E-state index in [9.17, 15) is 14.4 Å². The summed E-state index contributed by atoms with van der Waals surface area (Å²) in [6, 6.07) is 15.2. The first-order valence-corrected chi connectivity index (χ1v) is 11.5. The molecule has 0 saturated heterocycles. The van der Waals surface area contributed by atoms with Crippen molar-refractivity contribution in [2.45, 2.75) is 64.0 Å². The van der Waals surface area contributed by atoms with E-state index in [-0.39, 0.29) is 30.9 Å². The van der Waals surface area contributed by atoms with Gasteiger partial charge in [0.25, 0.3) is 0 Å². The number of carboxylic acids is 1. The number of hydrogen-bond acceptors (Lipinski definition) is 4. The summed E-state index contributed by atoms with van der Waals surface area (Å²) in [5, 5.41) is 14.3. The lowest BCUT2D eigenvalue weighted by atomic mass is 9.98. The molecular weight excluding hydrogens is 420 g/mol. The average Bonchev–Trinajstić information content (AvgIpc) is 3.12. The molecule has 0 bridgehead atoms. The molecule has 0 aromatic heterocycles. The van der Waals surface area contributed by atoms with Gasteiger partial charge in [0.2, 0.25) is 5.91 Å². The van der Waals surface area contributed by atoms with Gasteiger partial charge in [-0.15, -0.1) is 0 Å². The number of carbonyl (C=O) groups excluding carboxylic acids is 2. The molecule has 0 radical (unpaired) electrons. The number of benzene rings is 2. The van der Waals surface area contributed by atoms with Gasteiger partial charge in [0.1, 0.15) is 12.6 Å². The fourth-order valence-corrected chi connectivity index (χ4v) is 4.21. The minimum atomic E-state index is -0.907. The number of aliphatic carboxylic acids is 1. The van der Waals surface area contributed by atoms with Crippen LogP contribution in [0.5, 0.6) is 0 Å². The van der Waals surface area contributed by atoms with E-state index in [2.05, 4.69) is 34.9 Å². The van der Waals surface area contributed by atoms with Gasteiger partial charge in [0.05, 0.1) is 0 Å². The fraction of sp³-hybridized carbons (Fsp3) is 0.423. The van der Waals surface area contributed by atoms with Crippen LogP contribution in [-0.2, 0) is 14.3 Å². The number of rotatable bonds is 11. The topological polar surface area (TPSA) is 105 Å². The Labute approximate surface area is 194 Å². The number of carboxylic acid groups (broad SMARTS) is 1. The molecule has 33 heavy (non-hydrogen) atoms. The number of ether oxygens (including phenoxy) is 1. The van der Waals surface area contributed by atoms with E-state index in [4.69, 9.17) is 9.84 Å². The van der Waals surface area contributed by atoms with Gasteiger partial charge in [-0.3, -0.25) is 9.59 Å². The Balaban J connectivity index is 1.60. The number of amides is 2. The molecule has 0 aliphatic heterocycles. The van der Waals surface area contributed by atoms with Crippen LogP contribution in [0.4, 0.5) is 4.79 Å². The Kier molecular flexibility index (Phi) is 8.46. The maximum absolute atomic E-state index is 12.7. The first-order valence-electron chi connectivity index (χ1n) is 11.5. The number of unbranched alkanes of at least 4 members (excludes halogenated alkanes) is 1. The SMILES string of the molecule is CCCCC(NC(=O)OCC1c2ccccc2-c2ccccc21)C(=O)NC(C)CCC(=O)O. The van der Waals surface area contributed by atoms with E-state index < -0.39 is 18.1 Å². The molecule has 1 aliphatic rings. The molecule has 2 aromatic carbocycles. The number of hydrogen-bond donors (Lipinski definition) is 3. The first kappa shape index (κ1) is 24.3. The summed E-state index contributed by atoms with van der Waals surface area (Å²) in [6.07, 6.45) is 1.80. The fourth-order valence-electron chi connectivity index (χ4n) is 4.21. The molecule has 2 amide bonds. The molecule has 7 heteroatoms. The Bertz CT molecular complexity index is 945. The third-order valence-corrected chi connectivity index (χ3v) is 5.98. The van der Waals surface area contributed by atoms with Crippen LogP contribution in [0.2, 0.25) is 0 Å². The minimum absolute atomic E-state index is 0.0269. The van der Waals surface area contributed by atoms with Gasteiger partial charge in [-0.2, -0.15) is 0 Å². The van der Waals surface area contributed by atoms with Gasteiger partial charge in [-0.1, -0.05) is 68.3 Å². The summed E-state index contributed by atoms with van der Waals surface area (Å²) in [5.74, 6) is -1.28. The molecular formula is C26H32N2O5. The molecule has 0 heterocycles. The number of fused-ring (bicyclic) bond motifs is 3. The predicted molar refractivity (Wildman–Crippen MR) is 126 cm³/mol. The van der Waals surface area contributed by atoms with Gasteiger partial charge < -0.3 is 20.5 Å². The number of alkyl carbamates (subject to hydrolysis) is 1. The molecule has 2 unspecified atom stereocenters. The van der Waals surface area contributed by atoms with Crippen LogP contribution in [0.1, 0.15) is 63.0 Å². The van der Waals surface area contributed by atoms with Crippen molar-refractivity contribution in [1.29, 1.82) is 0 Å². The molecule has 3 N–H and O–H groups in total. The zero-order valence-corrected chi connectivity index (χ0v) is 19.2. The van der Waals surface area contributed by atoms with E-state index in [1.807, 2.05) is 31.2 Å². The lowest BCUT2D eigenvalue weighted by Gasteiger charge is -2.21. The number of nitrogens with one attached hydrogen (secondary N) is 2. The summed E-state index contributed by atoms with van der Waals surface area (Å²) >= 11 is 0. The van der Waals surface area contributed by atoms with E-state index in [1.165, 1.54) is 0 Å². The van der Waals surface area contributed by atoms with Crippen LogP contribution < -0.4 is 10.6 Å². The maximum Gasteiger partial charge on any atom is 0.407 e. The molecule has 1 aliphatic carbocycles. The highest BCUT2D eigenvalue weighted by molar-refractivity contribution is 5.86. The van der Waals surface area contributed by atoms with Gasteiger partial charge in [-0.25, -0.2) is 4.79 Å². The lowest BCUT2D eigenvalue weighted by molar-refractivity contribution is -0.137. The standard InChI is InChI=1S/C26H32N2O5/c1-3-4-13-23(25(31)27-17(2)14-15-24(29)30)28-26(32)33-16-22-20-11-7-5-9-18(20)19-10-6-8-12-21(19)22/h5-12,17,22-23H,3-4,13-16H2,1-2H3,(H,27,31)(H,28,32)(H,29,30). The van der Waals surface area contributed by atoms with Gasteiger partial charge in [0.15, 0.2) is 0 Å². The Morgan fingerprint density at radius 3 is 2.15 bits per heavy atom. The van der Waals surface area contributed by atoms with E-state index in [1.54, 1.807) is 6.92 Å². The van der Waals surface area contributed by atoms with Crippen molar-refractivity contribution in [3.05, 3.63) is 59.7 Å². The molecule has 2 aromatic rings. The molecule has 0 saturated carbocycles. The summed E-state index contributed by atoms with van der Waals surface area (Å²) < 4.78 is 5.58. The Morgan fingerprint density at radius 2 is 1.58 bits per heavy atom. The zero-order valence-electron chi connectivity index (χ0n) is 19.2. The third-order valence-electron chi connectivity index (χ3n) is 5.98. The zero-order chi connectivity index (χ0) is 23.8. The molecule has 0 spiro atoms. The summed E-state index contributed by atoms with van der Waals surface area (Å²) in [5.41, 5.74) is 4.55. The monoisotopic (exact) mass is 452 g/mol. The van der Waals surface area contributed by atoms with Crippen LogP contribution in [0.15, 0.2) is 48.5 Å². The van der Waals surface area contributed by atoms with Gasteiger partial charge in [0, 0.05) is 18.4 Å². The van der Waals surface area contributed by atoms with Crippen molar-refractivity contribution in [1.82, 2.24) is 10.6 Å². The first-order chi connectivity index (χ1) is 15.9. The van der Waals surface area contributed by atoms with Gasteiger partial charge in [-0.05, 0) is 42.0 Å². The largest absolute Gasteiger partial charge is 0.481 e. The summed E-state index contributed by atoms with van der Waals surface area (Å²) in [7, 11) is 0. The second-order valence-electron chi connectivity index (χ2n) is 8.51. The van der Waals surface area contributed by atoms with Crippen LogP contribution in [0, 0.1) is 0 Å².